The second kappa shape index (κ2) is 8.16. The fourth-order valence-corrected chi connectivity index (χ4v) is 3.18. The first kappa shape index (κ1) is 18.8. The third kappa shape index (κ3) is 4.42. The van der Waals surface area contributed by atoms with E-state index in [1.807, 2.05) is 0 Å². The molecule has 0 atom stereocenters. The Morgan fingerprint density at radius 2 is 1.41 bits per heavy atom. The fourth-order valence-electron chi connectivity index (χ4n) is 3.18. The highest BCUT2D eigenvalue weighted by Crippen LogP contribution is 2.17. The second-order valence-electron chi connectivity index (χ2n) is 6.90. The average Bonchev–Trinajstić information content (AvgIpc) is 3.00. The number of amides is 3. The second-order valence-corrected chi connectivity index (χ2v) is 6.90. The molecule has 1 fully saturated rings. The predicted octanol–water partition coefficient (Wildman–Crippen LogP) is 3.17. The minimum absolute atomic E-state index is 0.0607. The third-order valence-corrected chi connectivity index (χ3v) is 4.89. The van der Waals surface area contributed by atoms with Gasteiger partial charge in [0, 0.05) is 32.0 Å². The first-order valence-electron chi connectivity index (χ1n) is 9.23. The Kier molecular flexibility index (Phi) is 5.69. The van der Waals surface area contributed by atoms with Crippen LogP contribution in [0.1, 0.15) is 46.8 Å². The molecule has 3 amide bonds. The number of hydrogen-bond acceptors (Lipinski definition) is 3. The number of nitrogens with zero attached hydrogens (tertiary/aromatic N) is 2. The molecule has 1 aliphatic rings. The van der Waals surface area contributed by atoms with Crippen molar-refractivity contribution in [2.24, 2.45) is 0 Å². The zero-order chi connectivity index (χ0) is 19.4. The van der Waals surface area contributed by atoms with Gasteiger partial charge in [-0.3, -0.25) is 19.3 Å². The molecule has 1 aliphatic heterocycles. The van der Waals surface area contributed by atoms with Crippen molar-refractivity contribution >= 4 is 17.7 Å². The van der Waals surface area contributed by atoms with Crippen molar-refractivity contribution in [3.05, 3.63) is 70.8 Å². The van der Waals surface area contributed by atoms with E-state index in [1.54, 1.807) is 36.2 Å². The summed E-state index contributed by atoms with van der Waals surface area (Å²) >= 11 is 0. The van der Waals surface area contributed by atoms with Gasteiger partial charge in [-0.2, -0.15) is 0 Å². The highest BCUT2D eigenvalue weighted by molar-refractivity contribution is 6.01. The molecule has 5 heteroatoms. The molecule has 1 saturated heterocycles. The van der Waals surface area contributed by atoms with Gasteiger partial charge in [0.15, 0.2) is 0 Å². The normalized spacial score (nSPS) is 13.9. The maximum Gasteiger partial charge on any atom is 0.253 e. The monoisotopic (exact) mass is 364 g/mol. The van der Waals surface area contributed by atoms with Crippen LogP contribution in [0.2, 0.25) is 0 Å². The molecule has 0 radical (unpaired) electrons. The van der Waals surface area contributed by atoms with Crippen LogP contribution in [0.3, 0.4) is 0 Å². The van der Waals surface area contributed by atoms with E-state index in [0.717, 1.165) is 17.5 Å². The first-order chi connectivity index (χ1) is 13.0. The summed E-state index contributed by atoms with van der Waals surface area (Å²) in [4.78, 5) is 39.0. The lowest BCUT2D eigenvalue weighted by atomic mass is 10.1. The van der Waals surface area contributed by atoms with Gasteiger partial charge in [0.25, 0.3) is 5.91 Å². The summed E-state index contributed by atoms with van der Waals surface area (Å²) in [7, 11) is 1.78. The summed E-state index contributed by atoms with van der Waals surface area (Å²) in [5.41, 5.74) is 3.79. The van der Waals surface area contributed by atoms with Crippen molar-refractivity contribution in [3.8, 4) is 0 Å². The van der Waals surface area contributed by atoms with Crippen LogP contribution in [0.4, 0.5) is 0 Å². The van der Waals surface area contributed by atoms with Gasteiger partial charge in [-0.15, -0.1) is 0 Å². The van der Waals surface area contributed by atoms with Crippen molar-refractivity contribution in [1.29, 1.82) is 0 Å². The van der Waals surface area contributed by atoms with E-state index in [4.69, 9.17) is 0 Å². The topological polar surface area (TPSA) is 57.7 Å². The van der Waals surface area contributed by atoms with E-state index in [2.05, 4.69) is 31.2 Å². The summed E-state index contributed by atoms with van der Waals surface area (Å²) in [5, 5.41) is 0. The summed E-state index contributed by atoms with van der Waals surface area (Å²) in [6.45, 7) is 2.93. The van der Waals surface area contributed by atoms with Crippen LogP contribution >= 0.6 is 0 Å². The standard InChI is InChI=1S/C22H24N2O3/c1-3-16-4-6-17(7-5-16)14-23(2)22(27)19-10-8-18(9-11-19)15-24-20(25)12-13-21(24)26/h4-11H,3,12-15H2,1-2H3. The molecule has 27 heavy (non-hydrogen) atoms. The Balaban J connectivity index is 1.62. The van der Waals surface area contributed by atoms with Gasteiger partial charge in [0.2, 0.25) is 11.8 Å². The number of rotatable bonds is 6. The number of imide groups is 1. The highest BCUT2D eigenvalue weighted by Gasteiger charge is 2.28. The minimum atomic E-state index is -0.131. The van der Waals surface area contributed by atoms with Gasteiger partial charge in [0.1, 0.15) is 0 Å². The van der Waals surface area contributed by atoms with Crippen molar-refractivity contribution in [1.82, 2.24) is 9.80 Å². The molecular formula is C22H24N2O3. The number of carbonyl (C=O) groups is 3. The van der Waals surface area contributed by atoms with E-state index < -0.39 is 0 Å². The summed E-state index contributed by atoms with van der Waals surface area (Å²) in [6.07, 6.45) is 1.58. The van der Waals surface area contributed by atoms with Crippen LogP contribution in [0.25, 0.3) is 0 Å². The van der Waals surface area contributed by atoms with E-state index in [0.29, 0.717) is 24.9 Å². The molecule has 0 aromatic heterocycles. The van der Waals surface area contributed by atoms with Crippen molar-refractivity contribution in [2.75, 3.05) is 7.05 Å². The van der Waals surface area contributed by atoms with E-state index in [9.17, 15) is 14.4 Å². The minimum Gasteiger partial charge on any atom is -0.337 e. The number of likely N-dealkylation sites (tertiary alicyclic amines) is 1. The molecular weight excluding hydrogens is 340 g/mol. The maximum atomic E-state index is 12.6. The number of carbonyl (C=O) groups excluding carboxylic acids is 3. The molecule has 3 rings (SSSR count). The highest BCUT2D eigenvalue weighted by atomic mass is 16.2. The van der Waals surface area contributed by atoms with Crippen LogP contribution in [-0.2, 0) is 29.1 Å². The lowest BCUT2D eigenvalue weighted by molar-refractivity contribution is -0.139. The Morgan fingerprint density at radius 3 is 1.96 bits per heavy atom. The van der Waals surface area contributed by atoms with Gasteiger partial charge in [-0.25, -0.2) is 0 Å². The molecule has 0 unspecified atom stereocenters. The molecule has 2 aromatic carbocycles. The lowest BCUT2D eigenvalue weighted by Gasteiger charge is -2.18. The molecule has 5 nitrogen and oxygen atoms in total. The number of benzene rings is 2. The number of aryl methyl sites for hydroxylation is 1. The zero-order valence-electron chi connectivity index (χ0n) is 15.8. The van der Waals surface area contributed by atoms with E-state index in [1.165, 1.54) is 10.5 Å². The quantitative estimate of drug-likeness (QED) is 0.740. The van der Waals surface area contributed by atoms with Gasteiger partial charge < -0.3 is 4.90 Å². The Labute approximate surface area is 159 Å². The molecule has 140 valence electrons. The largest absolute Gasteiger partial charge is 0.337 e. The summed E-state index contributed by atoms with van der Waals surface area (Å²) < 4.78 is 0. The third-order valence-electron chi connectivity index (χ3n) is 4.89. The van der Waals surface area contributed by atoms with Gasteiger partial charge in [-0.1, -0.05) is 43.3 Å². The Hall–Kier alpha value is -2.95. The SMILES string of the molecule is CCc1ccc(CN(C)C(=O)c2ccc(CN3C(=O)CCC3=O)cc2)cc1. The van der Waals surface area contributed by atoms with Crippen LogP contribution < -0.4 is 0 Å². The smallest absolute Gasteiger partial charge is 0.253 e. The van der Waals surface area contributed by atoms with E-state index in [-0.39, 0.29) is 24.3 Å². The predicted molar refractivity (Wildman–Crippen MR) is 103 cm³/mol. The van der Waals surface area contributed by atoms with Crippen LogP contribution in [0.5, 0.6) is 0 Å². The lowest BCUT2D eigenvalue weighted by Crippen LogP contribution is -2.28. The van der Waals surface area contributed by atoms with Gasteiger partial charge in [0.05, 0.1) is 6.54 Å². The van der Waals surface area contributed by atoms with Crippen LogP contribution in [0.15, 0.2) is 48.5 Å². The van der Waals surface area contributed by atoms with Crippen LogP contribution in [0, 0.1) is 0 Å². The van der Waals surface area contributed by atoms with E-state index >= 15 is 0 Å². The molecule has 0 saturated carbocycles. The zero-order valence-corrected chi connectivity index (χ0v) is 15.8. The first-order valence-corrected chi connectivity index (χ1v) is 9.23. The number of hydrogen-bond donors (Lipinski definition) is 0. The van der Waals surface area contributed by atoms with Crippen molar-refractivity contribution < 1.29 is 14.4 Å². The fraction of sp³-hybridized carbons (Fsp3) is 0.318. The molecule has 0 bridgehead atoms. The van der Waals surface area contributed by atoms with Crippen LogP contribution in [-0.4, -0.2) is 34.6 Å². The average molecular weight is 364 g/mol. The van der Waals surface area contributed by atoms with Crippen molar-refractivity contribution in [3.63, 3.8) is 0 Å². The maximum absolute atomic E-state index is 12.6. The Morgan fingerprint density at radius 1 is 0.889 bits per heavy atom. The summed E-state index contributed by atoms with van der Waals surface area (Å²) in [6, 6.07) is 15.4. The molecule has 1 heterocycles. The molecule has 0 N–H and O–H groups in total. The Bertz CT molecular complexity index is 825. The molecule has 0 spiro atoms. The van der Waals surface area contributed by atoms with Crippen molar-refractivity contribution in [2.45, 2.75) is 39.3 Å². The van der Waals surface area contributed by atoms with Gasteiger partial charge in [-0.05, 0) is 35.2 Å². The molecule has 0 aliphatic carbocycles. The molecule has 2 aromatic rings. The van der Waals surface area contributed by atoms with Gasteiger partial charge >= 0.3 is 0 Å². The summed E-state index contributed by atoms with van der Waals surface area (Å²) in [5.74, 6) is -0.322.